The van der Waals surface area contributed by atoms with Gasteiger partial charge in [-0.1, -0.05) is 13.8 Å². The first-order valence-corrected chi connectivity index (χ1v) is 4.48. The molecule has 0 aliphatic carbocycles. The Hall–Kier alpha value is -0.790. The van der Waals surface area contributed by atoms with Gasteiger partial charge in [-0.25, -0.2) is 0 Å². The van der Waals surface area contributed by atoms with Gasteiger partial charge < -0.3 is 4.74 Å². The van der Waals surface area contributed by atoms with Crippen molar-refractivity contribution in [2.45, 2.75) is 47.0 Å². The molecule has 0 aromatic carbocycles. The van der Waals surface area contributed by atoms with Crippen LogP contribution in [0.2, 0.25) is 0 Å². The second-order valence-corrected chi connectivity index (χ2v) is 3.00. The SMILES string of the molecule is CCCC(=O)OC(CC)=C(C)C. The van der Waals surface area contributed by atoms with Crippen molar-refractivity contribution >= 4 is 5.97 Å². The number of rotatable bonds is 4. The van der Waals surface area contributed by atoms with E-state index in [2.05, 4.69) is 0 Å². The minimum absolute atomic E-state index is 0.115. The summed E-state index contributed by atoms with van der Waals surface area (Å²) in [6, 6.07) is 0. The highest BCUT2D eigenvalue weighted by atomic mass is 16.5. The summed E-state index contributed by atoms with van der Waals surface area (Å²) in [6.07, 6.45) is 2.15. The first-order chi connectivity index (χ1) is 5.61. The predicted octanol–water partition coefficient (Wildman–Crippen LogP) is 3.03. The molecule has 0 saturated carbocycles. The van der Waals surface area contributed by atoms with Gasteiger partial charge in [0.25, 0.3) is 0 Å². The van der Waals surface area contributed by atoms with Gasteiger partial charge in [0.15, 0.2) is 0 Å². The Morgan fingerprint density at radius 3 is 2.17 bits per heavy atom. The lowest BCUT2D eigenvalue weighted by molar-refractivity contribution is -0.139. The maximum absolute atomic E-state index is 11.1. The molecule has 0 amide bonds. The first kappa shape index (κ1) is 11.2. The average Bonchev–Trinajstić information content (AvgIpc) is 2.00. The third-order valence-corrected chi connectivity index (χ3v) is 1.57. The molecule has 0 unspecified atom stereocenters. The van der Waals surface area contributed by atoms with Crippen LogP contribution in [0.1, 0.15) is 47.0 Å². The highest BCUT2D eigenvalue weighted by molar-refractivity contribution is 5.70. The standard InChI is InChI=1S/C10H18O2/c1-5-7-10(11)12-9(6-2)8(3)4/h5-7H2,1-4H3. The molecule has 0 spiro atoms. The molecule has 0 rings (SSSR count). The highest BCUT2D eigenvalue weighted by Gasteiger charge is 2.04. The predicted molar refractivity (Wildman–Crippen MR) is 49.7 cm³/mol. The largest absolute Gasteiger partial charge is 0.431 e. The molecule has 0 aromatic heterocycles. The summed E-state index contributed by atoms with van der Waals surface area (Å²) in [5.41, 5.74) is 1.09. The molecule has 0 aliphatic heterocycles. The van der Waals surface area contributed by atoms with Gasteiger partial charge >= 0.3 is 5.97 Å². The molecule has 70 valence electrons. The molecule has 0 radical (unpaired) electrons. The summed E-state index contributed by atoms with van der Waals surface area (Å²) < 4.78 is 5.14. The number of hydrogen-bond acceptors (Lipinski definition) is 2. The molecule has 0 aromatic rings. The van der Waals surface area contributed by atoms with Gasteiger partial charge in [-0.3, -0.25) is 4.79 Å². The van der Waals surface area contributed by atoms with Gasteiger partial charge in [0.05, 0.1) is 0 Å². The number of esters is 1. The summed E-state index contributed by atoms with van der Waals surface area (Å²) in [5.74, 6) is 0.698. The number of ether oxygens (including phenoxy) is 1. The maximum Gasteiger partial charge on any atom is 0.310 e. The lowest BCUT2D eigenvalue weighted by atomic mass is 10.2. The molecule has 2 nitrogen and oxygen atoms in total. The van der Waals surface area contributed by atoms with Gasteiger partial charge in [0, 0.05) is 12.8 Å². The monoisotopic (exact) mass is 170 g/mol. The molecule has 0 aliphatic rings. The summed E-state index contributed by atoms with van der Waals surface area (Å²) in [4.78, 5) is 11.1. The topological polar surface area (TPSA) is 26.3 Å². The second kappa shape index (κ2) is 5.81. The van der Waals surface area contributed by atoms with Crippen LogP contribution in [0, 0.1) is 0 Å². The van der Waals surface area contributed by atoms with Crippen molar-refractivity contribution in [1.82, 2.24) is 0 Å². The molecule has 0 atom stereocenters. The zero-order valence-electron chi connectivity index (χ0n) is 8.44. The van der Waals surface area contributed by atoms with Gasteiger partial charge in [0.1, 0.15) is 5.76 Å². The van der Waals surface area contributed by atoms with Gasteiger partial charge in [0.2, 0.25) is 0 Å². The molecular weight excluding hydrogens is 152 g/mol. The van der Waals surface area contributed by atoms with Gasteiger partial charge in [-0.05, 0) is 25.8 Å². The lowest BCUT2D eigenvalue weighted by Crippen LogP contribution is -2.04. The highest BCUT2D eigenvalue weighted by Crippen LogP contribution is 2.10. The van der Waals surface area contributed by atoms with E-state index in [4.69, 9.17) is 4.74 Å². The minimum atomic E-state index is -0.115. The summed E-state index contributed by atoms with van der Waals surface area (Å²) in [7, 11) is 0. The molecule has 0 heterocycles. The third-order valence-electron chi connectivity index (χ3n) is 1.57. The average molecular weight is 170 g/mol. The van der Waals surface area contributed by atoms with Crippen LogP contribution >= 0.6 is 0 Å². The van der Waals surface area contributed by atoms with E-state index >= 15 is 0 Å². The fourth-order valence-corrected chi connectivity index (χ4v) is 0.920. The van der Waals surface area contributed by atoms with E-state index < -0.39 is 0 Å². The van der Waals surface area contributed by atoms with E-state index in [1.807, 2.05) is 27.7 Å². The Morgan fingerprint density at radius 2 is 1.83 bits per heavy atom. The van der Waals surface area contributed by atoms with E-state index in [-0.39, 0.29) is 5.97 Å². The Kier molecular flexibility index (Phi) is 5.43. The number of carbonyl (C=O) groups excluding carboxylic acids is 1. The van der Waals surface area contributed by atoms with Crippen LogP contribution in [-0.2, 0) is 9.53 Å². The van der Waals surface area contributed by atoms with Crippen molar-refractivity contribution in [2.75, 3.05) is 0 Å². The van der Waals surface area contributed by atoms with Crippen LogP contribution in [0.4, 0.5) is 0 Å². The molecular formula is C10H18O2. The van der Waals surface area contributed by atoms with E-state index in [1.54, 1.807) is 0 Å². The third kappa shape index (κ3) is 4.16. The number of carbonyl (C=O) groups is 1. The second-order valence-electron chi connectivity index (χ2n) is 3.00. The molecule has 2 heteroatoms. The number of allylic oxidation sites excluding steroid dienone is 2. The molecule has 0 bridgehead atoms. The van der Waals surface area contributed by atoms with Crippen molar-refractivity contribution < 1.29 is 9.53 Å². The Balaban J connectivity index is 4.05. The number of hydrogen-bond donors (Lipinski definition) is 0. The van der Waals surface area contributed by atoms with Gasteiger partial charge in [-0.15, -0.1) is 0 Å². The Morgan fingerprint density at radius 1 is 1.25 bits per heavy atom. The van der Waals surface area contributed by atoms with E-state index in [0.717, 1.165) is 24.2 Å². The van der Waals surface area contributed by atoms with E-state index in [1.165, 1.54) is 0 Å². The summed E-state index contributed by atoms with van der Waals surface area (Å²) in [6.45, 7) is 7.87. The maximum atomic E-state index is 11.1. The van der Waals surface area contributed by atoms with Crippen LogP contribution in [-0.4, -0.2) is 5.97 Å². The fraction of sp³-hybridized carbons (Fsp3) is 0.700. The van der Waals surface area contributed by atoms with E-state index in [0.29, 0.717) is 6.42 Å². The molecule has 12 heavy (non-hydrogen) atoms. The zero-order valence-corrected chi connectivity index (χ0v) is 8.44. The van der Waals surface area contributed by atoms with Crippen molar-refractivity contribution in [3.05, 3.63) is 11.3 Å². The Bertz CT molecular complexity index is 176. The van der Waals surface area contributed by atoms with Crippen molar-refractivity contribution in [2.24, 2.45) is 0 Å². The normalized spacial score (nSPS) is 9.33. The van der Waals surface area contributed by atoms with E-state index in [9.17, 15) is 4.79 Å². The summed E-state index contributed by atoms with van der Waals surface area (Å²) >= 11 is 0. The van der Waals surface area contributed by atoms with Crippen LogP contribution in [0.3, 0.4) is 0 Å². The quantitative estimate of drug-likeness (QED) is 0.479. The first-order valence-electron chi connectivity index (χ1n) is 4.48. The molecule has 0 fully saturated rings. The molecule has 0 N–H and O–H groups in total. The lowest BCUT2D eigenvalue weighted by Gasteiger charge is -2.07. The van der Waals surface area contributed by atoms with Crippen LogP contribution in [0.25, 0.3) is 0 Å². The zero-order chi connectivity index (χ0) is 9.56. The van der Waals surface area contributed by atoms with Crippen molar-refractivity contribution in [3.63, 3.8) is 0 Å². The van der Waals surface area contributed by atoms with Crippen molar-refractivity contribution in [1.29, 1.82) is 0 Å². The van der Waals surface area contributed by atoms with Crippen LogP contribution in [0.5, 0.6) is 0 Å². The van der Waals surface area contributed by atoms with Gasteiger partial charge in [-0.2, -0.15) is 0 Å². The smallest absolute Gasteiger partial charge is 0.310 e. The van der Waals surface area contributed by atoms with Crippen LogP contribution in [0.15, 0.2) is 11.3 Å². The Labute approximate surface area is 74.6 Å². The molecule has 0 saturated heterocycles. The van der Waals surface area contributed by atoms with Crippen molar-refractivity contribution in [3.8, 4) is 0 Å². The fourth-order valence-electron chi connectivity index (χ4n) is 0.920. The minimum Gasteiger partial charge on any atom is -0.431 e. The van der Waals surface area contributed by atoms with Crippen LogP contribution < -0.4 is 0 Å². The summed E-state index contributed by atoms with van der Waals surface area (Å²) in [5, 5.41) is 0.